The number of aryl methyl sites for hydroxylation is 1. The van der Waals surface area contributed by atoms with Crippen molar-refractivity contribution in [1.29, 1.82) is 0 Å². The zero-order chi connectivity index (χ0) is 11.5. The molecule has 0 saturated carbocycles. The molecule has 0 atom stereocenters. The van der Waals surface area contributed by atoms with Gasteiger partial charge < -0.3 is 5.11 Å². The van der Waals surface area contributed by atoms with Gasteiger partial charge in [-0.1, -0.05) is 49.9 Å². The van der Waals surface area contributed by atoms with Crippen LogP contribution in [0.5, 0.6) is 0 Å². The minimum Gasteiger partial charge on any atom is -0.385 e. The fourth-order valence-corrected chi connectivity index (χ4v) is 2.04. The molecule has 0 saturated heterocycles. The molecule has 0 radical (unpaired) electrons. The van der Waals surface area contributed by atoms with Crippen LogP contribution in [0.25, 0.3) is 0 Å². The fourth-order valence-electron chi connectivity index (χ4n) is 2.04. The summed E-state index contributed by atoms with van der Waals surface area (Å²) in [6.07, 6.45) is 1.54. The quantitative estimate of drug-likeness (QED) is 0.744. The molecule has 0 unspecified atom stereocenters. The highest BCUT2D eigenvalue weighted by Gasteiger charge is 2.24. The molecule has 0 fully saturated rings. The molecule has 0 heterocycles. The van der Waals surface area contributed by atoms with Crippen molar-refractivity contribution in [2.24, 2.45) is 0 Å². The molecule has 15 heavy (non-hydrogen) atoms. The van der Waals surface area contributed by atoms with Crippen molar-refractivity contribution >= 4 is 12.7 Å². The minimum absolute atomic E-state index is 0.642. The summed E-state index contributed by atoms with van der Waals surface area (Å²) in [5, 5.41) is 10.4. The van der Waals surface area contributed by atoms with Gasteiger partial charge >= 0.3 is 0 Å². The maximum atomic E-state index is 10.4. The van der Waals surface area contributed by atoms with E-state index in [-0.39, 0.29) is 0 Å². The van der Waals surface area contributed by atoms with Crippen molar-refractivity contribution in [3.05, 3.63) is 29.3 Å². The summed E-state index contributed by atoms with van der Waals surface area (Å²) < 4.78 is 0. The average molecular weight is 204 g/mol. The number of aliphatic hydroxyl groups is 1. The van der Waals surface area contributed by atoms with Gasteiger partial charge in [0, 0.05) is 0 Å². The van der Waals surface area contributed by atoms with Crippen molar-refractivity contribution in [2.75, 3.05) is 0 Å². The number of rotatable bonds is 4. The largest absolute Gasteiger partial charge is 0.385 e. The van der Waals surface area contributed by atoms with Gasteiger partial charge in [0.25, 0.3) is 0 Å². The Bertz CT molecular complexity index is 329. The lowest BCUT2D eigenvalue weighted by Crippen LogP contribution is -2.25. The van der Waals surface area contributed by atoms with Gasteiger partial charge in [-0.15, -0.1) is 0 Å². The average Bonchev–Trinajstić information content (AvgIpc) is 2.28. The zero-order valence-corrected chi connectivity index (χ0v) is 10.3. The van der Waals surface area contributed by atoms with E-state index in [1.807, 2.05) is 13.8 Å². The smallest absolute Gasteiger partial charge is 0.154 e. The maximum Gasteiger partial charge on any atom is 0.154 e. The van der Waals surface area contributed by atoms with Crippen LogP contribution in [-0.4, -0.2) is 12.4 Å². The molecule has 0 bridgehead atoms. The predicted octanol–water partition coefficient (Wildman–Crippen LogP) is 2.11. The van der Waals surface area contributed by atoms with Gasteiger partial charge in [0.1, 0.15) is 0 Å². The molecule has 1 aromatic carbocycles. The molecule has 0 spiro atoms. The third-order valence-corrected chi connectivity index (χ3v) is 3.43. The molecular formula is C13H21BO. The molecule has 2 heteroatoms. The summed E-state index contributed by atoms with van der Waals surface area (Å²) in [5.74, 6) is 0. The van der Waals surface area contributed by atoms with Crippen LogP contribution in [0.15, 0.2) is 18.2 Å². The van der Waals surface area contributed by atoms with Crippen LogP contribution in [0, 0.1) is 6.92 Å². The molecule has 1 aromatic rings. The number of benzene rings is 1. The second-order valence-electron chi connectivity index (χ2n) is 4.23. The van der Waals surface area contributed by atoms with Crippen molar-refractivity contribution in [1.82, 2.24) is 0 Å². The normalized spacial score (nSPS) is 11.5. The predicted molar refractivity (Wildman–Crippen MR) is 68.3 cm³/mol. The Balaban J connectivity index is 3.11. The summed E-state index contributed by atoms with van der Waals surface area (Å²) >= 11 is 0. The van der Waals surface area contributed by atoms with Crippen molar-refractivity contribution in [3.8, 4) is 0 Å². The molecule has 0 aliphatic rings. The Kier molecular flexibility index (Phi) is 3.98. The number of hydrogen-bond acceptors (Lipinski definition) is 1. The van der Waals surface area contributed by atoms with E-state index in [4.69, 9.17) is 0 Å². The lowest BCUT2D eigenvalue weighted by Gasteiger charge is -2.26. The first kappa shape index (κ1) is 12.3. The molecule has 0 aromatic heterocycles. The highest BCUT2D eigenvalue weighted by atomic mass is 16.3. The summed E-state index contributed by atoms with van der Waals surface area (Å²) in [6.45, 7) is 8.35. The Morgan fingerprint density at radius 1 is 1.27 bits per heavy atom. The molecule has 0 amide bonds. The molecule has 0 aliphatic carbocycles. The third-order valence-electron chi connectivity index (χ3n) is 3.43. The third kappa shape index (κ3) is 2.43. The van der Waals surface area contributed by atoms with Gasteiger partial charge in [-0.3, -0.25) is 0 Å². The first-order valence-electron chi connectivity index (χ1n) is 5.89. The van der Waals surface area contributed by atoms with E-state index in [0.29, 0.717) is 0 Å². The summed E-state index contributed by atoms with van der Waals surface area (Å²) in [4.78, 5) is 0. The standard InChI is InChI=1S/C13H21BO/c1-5-13(15,6-2)11-7-8-12(14-4)10(3)9-11/h7-9,14-15H,5-6H2,1-4H3. The van der Waals surface area contributed by atoms with E-state index in [9.17, 15) is 5.11 Å². The molecule has 82 valence electrons. The van der Waals surface area contributed by atoms with E-state index in [2.05, 4.69) is 31.9 Å². The highest BCUT2D eigenvalue weighted by molar-refractivity contribution is 6.52. The molecule has 1 rings (SSSR count). The summed E-state index contributed by atoms with van der Waals surface area (Å²) in [5.41, 5.74) is 3.07. The first-order chi connectivity index (χ1) is 7.07. The van der Waals surface area contributed by atoms with Crippen LogP contribution in [-0.2, 0) is 5.60 Å². The monoisotopic (exact) mass is 204 g/mol. The SMILES string of the molecule is CBc1ccc(C(O)(CC)CC)cc1C. The van der Waals surface area contributed by atoms with Gasteiger partial charge in [0.05, 0.1) is 5.60 Å². The first-order valence-corrected chi connectivity index (χ1v) is 5.89. The van der Waals surface area contributed by atoms with E-state index >= 15 is 0 Å². The van der Waals surface area contributed by atoms with Gasteiger partial charge in [0.2, 0.25) is 0 Å². The Morgan fingerprint density at radius 3 is 2.27 bits per heavy atom. The minimum atomic E-state index is -0.642. The van der Waals surface area contributed by atoms with Crippen molar-refractivity contribution in [2.45, 2.75) is 46.0 Å². The van der Waals surface area contributed by atoms with Crippen molar-refractivity contribution < 1.29 is 5.11 Å². The summed E-state index contributed by atoms with van der Waals surface area (Å²) in [7, 11) is 1.06. The van der Waals surface area contributed by atoms with Gasteiger partial charge in [-0.05, 0) is 25.3 Å². The maximum absolute atomic E-state index is 10.4. The van der Waals surface area contributed by atoms with E-state index < -0.39 is 5.60 Å². The molecular weight excluding hydrogens is 183 g/mol. The van der Waals surface area contributed by atoms with Crippen LogP contribution >= 0.6 is 0 Å². The van der Waals surface area contributed by atoms with Gasteiger partial charge in [-0.2, -0.15) is 0 Å². The van der Waals surface area contributed by atoms with Gasteiger partial charge in [-0.25, -0.2) is 0 Å². The van der Waals surface area contributed by atoms with E-state index in [1.165, 1.54) is 11.0 Å². The fraction of sp³-hybridized carbons (Fsp3) is 0.538. The number of hydrogen-bond donors (Lipinski definition) is 1. The van der Waals surface area contributed by atoms with Crippen LogP contribution in [0.2, 0.25) is 6.82 Å². The van der Waals surface area contributed by atoms with E-state index in [1.54, 1.807) is 0 Å². The van der Waals surface area contributed by atoms with E-state index in [0.717, 1.165) is 25.7 Å². The van der Waals surface area contributed by atoms with Crippen LogP contribution in [0.1, 0.15) is 37.8 Å². The lowest BCUT2D eigenvalue weighted by molar-refractivity contribution is 0.0283. The highest BCUT2D eigenvalue weighted by Crippen LogP contribution is 2.28. The Hall–Kier alpha value is -0.755. The molecule has 1 nitrogen and oxygen atoms in total. The topological polar surface area (TPSA) is 20.2 Å². The second kappa shape index (κ2) is 4.85. The van der Waals surface area contributed by atoms with Crippen LogP contribution < -0.4 is 5.46 Å². The van der Waals surface area contributed by atoms with Gasteiger partial charge in [0.15, 0.2) is 7.28 Å². The molecule has 1 N–H and O–H groups in total. The summed E-state index contributed by atoms with van der Waals surface area (Å²) in [6, 6.07) is 6.34. The van der Waals surface area contributed by atoms with Crippen molar-refractivity contribution in [3.63, 3.8) is 0 Å². The Morgan fingerprint density at radius 2 is 1.87 bits per heavy atom. The zero-order valence-electron chi connectivity index (χ0n) is 10.3. The van der Waals surface area contributed by atoms with Crippen LogP contribution in [0.4, 0.5) is 0 Å². The molecule has 0 aliphatic heterocycles. The second-order valence-corrected chi connectivity index (χ2v) is 4.23. The lowest BCUT2D eigenvalue weighted by atomic mass is 9.70. The Labute approximate surface area is 93.8 Å². The van der Waals surface area contributed by atoms with Crippen LogP contribution in [0.3, 0.4) is 0 Å².